The van der Waals surface area contributed by atoms with Gasteiger partial charge in [0.1, 0.15) is 0 Å². The predicted molar refractivity (Wildman–Crippen MR) is 68.1 cm³/mol. The van der Waals surface area contributed by atoms with Crippen LogP contribution in [0.4, 0.5) is 0 Å². The molecule has 2 heterocycles. The lowest BCUT2D eigenvalue weighted by molar-refractivity contribution is -0.128. The third-order valence-corrected chi connectivity index (χ3v) is 3.07. The number of nitrogens with one attached hydrogen (secondary N) is 1. The minimum absolute atomic E-state index is 0.0758. The third kappa shape index (κ3) is 2.90. The first-order valence-electron chi connectivity index (χ1n) is 6.38. The summed E-state index contributed by atoms with van der Waals surface area (Å²) in [6.07, 6.45) is 2.77. The lowest BCUT2D eigenvalue weighted by atomic mass is 9.96. The van der Waals surface area contributed by atoms with Gasteiger partial charge in [-0.1, -0.05) is 20.8 Å². The van der Waals surface area contributed by atoms with Gasteiger partial charge >= 0.3 is 0 Å². The Morgan fingerprint density at radius 2 is 2.33 bits per heavy atom. The molecule has 1 aliphatic rings. The van der Waals surface area contributed by atoms with Crippen molar-refractivity contribution in [3.63, 3.8) is 0 Å². The molecule has 0 fully saturated rings. The van der Waals surface area contributed by atoms with E-state index >= 15 is 0 Å². The molecule has 0 saturated heterocycles. The highest BCUT2D eigenvalue weighted by molar-refractivity contribution is 5.81. The van der Waals surface area contributed by atoms with Crippen LogP contribution in [-0.4, -0.2) is 28.8 Å². The maximum absolute atomic E-state index is 11.7. The second-order valence-corrected chi connectivity index (χ2v) is 5.65. The zero-order valence-electron chi connectivity index (χ0n) is 11.3. The van der Waals surface area contributed by atoms with Gasteiger partial charge in [0.15, 0.2) is 0 Å². The Bertz CT molecular complexity index is 432. The van der Waals surface area contributed by atoms with E-state index in [4.69, 9.17) is 4.74 Å². The molecule has 1 N–H and O–H groups in total. The Labute approximate surface area is 108 Å². The number of rotatable bonds is 3. The van der Waals surface area contributed by atoms with Gasteiger partial charge in [0.25, 0.3) is 0 Å². The molecule has 0 bridgehead atoms. The van der Waals surface area contributed by atoms with Gasteiger partial charge in [-0.15, -0.1) is 0 Å². The smallest absolute Gasteiger partial charge is 0.225 e. The van der Waals surface area contributed by atoms with Gasteiger partial charge in [-0.25, -0.2) is 0 Å². The van der Waals surface area contributed by atoms with Crippen molar-refractivity contribution in [1.29, 1.82) is 0 Å². The molecule has 0 spiro atoms. The van der Waals surface area contributed by atoms with E-state index < -0.39 is 0 Å². The zero-order valence-corrected chi connectivity index (χ0v) is 11.3. The minimum atomic E-state index is -0.336. The van der Waals surface area contributed by atoms with Crippen molar-refractivity contribution in [2.75, 3.05) is 13.2 Å². The van der Waals surface area contributed by atoms with E-state index in [0.29, 0.717) is 13.2 Å². The molecule has 5 nitrogen and oxygen atoms in total. The van der Waals surface area contributed by atoms with Crippen LogP contribution in [-0.2, 0) is 29.1 Å². The van der Waals surface area contributed by atoms with E-state index in [9.17, 15) is 4.79 Å². The van der Waals surface area contributed by atoms with Gasteiger partial charge in [0, 0.05) is 29.6 Å². The molecule has 0 unspecified atom stereocenters. The summed E-state index contributed by atoms with van der Waals surface area (Å²) in [5.41, 5.74) is 2.08. The molecule has 0 radical (unpaired) electrons. The molecule has 1 amide bonds. The number of amides is 1. The van der Waals surface area contributed by atoms with E-state index in [1.807, 2.05) is 31.6 Å². The van der Waals surface area contributed by atoms with E-state index in [-0.39, 0.29) is 11.3 Å². The second-order valence-electron chi connectivity index (χ2n) is 5.65. The summed E-state index contributed by atoms with van der Waals surface area (Å²) in [6, 6.07) is 0. The van der Waals surface area contributed by atoms with Gasteiger partial charge in [0.2, 0.25) is 5.91 Å². The Morgan fingerprint density at radius 3 is 3.06 bits per heavy atom. The quantitative estimate of drug-likeness (QED) is 0.875. The number of ether oxygens (including phenoxy) is 1. The van der Waals surface area contributed by atoms with E-state index in [2.05, 4.69) is 10.4 Å². The average Bonchev–Trinajstić information content (AvgIpc) is 2.71. The first-order chi connectivity index (χ1) is 8.48. The summed E-state index contributed by atoms with van der Waals surface area (Å²) in [7, 11) is 0. The van der Waals surface area contributed by atoms with Crippen molar-refractivity contribution in [2.45, 2.75) is 40.3 Å². The molecule has 2 rings (SSSR count). The average molecular weight is 251 g/mol. The first-order valence-corrected chi connectivity index (χ1v) is 6.38. The number of nitrogens with zero attached hydrogens (tertiary/aromatic N) is 2. The summed E-state index contributed by atoms with van der Waals surface area (Å²) >= 11 is 0. The molecule has 0 aliphatic carbocycles. The first kappa shape index (κ1) is 13.1. The maximum atomic E-state index is 11.7. The molecule has 0 saturated carbocycles. The number of hydrogen-bond acceptors (Lipinski definition) is 3. The van der Waals surface area contributed by atoms with Crippen LogP contribution in [0.25, 0.3) is 0 Å². The summed E-state index contributed by atoms with van der Waals surface area (Å²) < 4.78 is 7.35. The summed E-state index contributed by atoms with van der Waals surface area (Å²) in [5.74, 6) is 0.0758. The normalized spacial score (nSPS) is 15.3. The molecule has 1 aromatic rings. The van der Waals surface area contributed by atoms with Gasteiger partial charge in [-0.05, 0) is 0 Å². The van der Waals surface area contributed by atoms with Crippen LogP contribution in [0, 0.1) is 5.41 Å². The fraction of sp³-hybridized carbons (Fsp3) is 0.692. The molecule has 18 heavy (non-hydrogen) atoms. The Kier molecular flexibility index (Phi) is 3.71. The molecule has 5 heteroatoms. The van der Waals surface area contributed by atoms with Gasteiger partial charge < -0.3 is 10.1 Å². The fourth-order valence-electron chi connectivity index (χ4n) is 1.94. The summed E-state index contributed by atoms with van der Waals surface area (Å²) in [4.78, 5) is 11.7. The van der Waals surface area contributed by atoms with Crippen LogP contribution in [0.1, 0.15) is 32.0 Å². The van der Waals surface area contributed by atoms with Crippen molar-refractivity contribution in [1.82, 2.24) is 15.1 Å². The molecular weight excluding hydrogens is 230 g/mol. The van der Waals surface area contributed by atoms with Crippen molar-refractivity contribution in [3.05, 3.63) is 17.5 Å². The number of aromatic nitrogens is 2. The standard InChI is InChI=1S/C13H21N3O2/c1-13(2,3)12(17)14-5-6-16-11-4-7-18-9-10(11)8-15-16/h8H,4-7,9H2,1-3H3,(H,14,17). The SMILES string of the molecule is CC(C)(C)C(=O)NCCn1ncc2c1CCOC2. The maximum Gasteiger partial charge on any atom is 0.225 e. The molecule has 0 aromatic carbocycles. The largest absolute Gasteiger partial charge is 0.376 e. The lowest BCUT2D eigenvalue weighted by Crippen LogP contribution is -2.36. The minimum Gasteiger partial charge on any atom is -0.376 e. The monoisotopic (exact) mass is 251 g/mol. The third-order valence-electron chi connectivity index (χ3n) is 3.07. The van der Waals surface area contributed by atoms with Gasteiger partial charge in [0.05, 0.1) is 26.0 Å². The summed E-state index contributed by atoms with van der Waals surface area (Å²) in [5, 5.41) is 7.28. The zero-order chi connectivity index (χ0) is 13.2. The number of fused-ring (bicyclic) bond motifs is 1. The van der Waals surface area contributed by atoms with E-state index in [1.165, 1.54) is 11.3 Å². The van der Waals surface area contributed by atoms with Gasteiger partial charge in [-0.3, -0.25) is 9.48 Å². The molecule has 0 atom stereocenters. The Morgan fingerprint density at radius 1 is 1.56 bits per heavy atom. The predicted octanol–water partition coefficient (Wildman–Crippen LogP) is 1.12. The lowest BCUT2D eigenvalue weighted by Gasteiger charge is -2.18. The van der Waals surface area contributed by atoms with Crippen molar-refractivity contribution in [3.8, 4) is 0 Å². The molecule has 1 aliphatic heterocycles. The van der Waals surface area contributed by atoms with Crippen molar-refractivity contribution >= 4 is 5.91 Å². The second kappa shape index (κ2) is 5.10. The van der Waals surface area contributed by atoms with Crippen LogP contribution in [0.2, 0.25) is 0 Å². The Hall–Kier alpha value is -1.36. The molecule has 1 aromatic heterocycles. The van der Waals surface area contributed by atoms with Crippen LogP contribution in [0.3, 0.4) is 0 Å². The van der Waals surface area contributed by atoms with Crippen LogP contribution >= 0.6 is 0 Å². The van der Waals surface area contributed by atoms with E-state index in [1.54, 1.807) is 0 Å². The Balaban J connectivity index is 1.88. The van der Waals surface area contributed by atoms with Crippen molar-refractivity contribution in [2.24, 2.45) is 5.41 Å². The number of carbonyl (C=O) groups excluding carboxylic acids is 1. The molecular formula is C13H21N3O2. The van der Waals surface area contributed by atoms with Crippen LogP contribution in [0.15, 0.2) is 6.20 Å². The highest BCUT2D eigenvalue weighted by Gasteiger charge is 2.21. The van der Waals surface area contributed by atoms with Crippen molar-refractivity contribution < 1.29 is 9.53 Å². The van der Waals surface area contributed by atoms with E-state index in [0.717, 1.165) is 19.6 Å². The topological polar surface area (TPSA) is 56.2 Å². The molecule has 100 valence electrons. The van der Waals surface area contributed by atoms with Crippen LogP contribution < -0.4 is 5.32 Å². The highest BCUT2D eigenvalue weighted by atomic mass is 16.5. The van der Waals surface area contributed by atoms with Crippen LogP contribution in [0.5, 0.6) is 0 Å². The summed E-state index contributed by atoms with van der Waals surface area (Å²) in [6.45, 7) is 8.49. The van der Waals surface area contributed by atoms with Gasteiger partial charge in [-0.2, -0.15) is 5.10 Å². The number of carbonyl (C=O) groups is 1. The number of hydrogen-bond donors (Lipinski definition) is 1. The fourth-order valence-corrected chi connectivity index (χ4v) is 1.94. The highest BCUT2D eigenvalue weighted by Crippen LogP contribution is 2.16.